The average molecular weight is 445 g/mol. The predicted octanol–water partition coefficient (Wildman–Crippen LogP) is 1.91. The number of quaternary nitrogens is 1. The summed E-state index contributed by atoms with van der Waals surface area (Å²) in [6, 6.07) is 0. The monoisotopic (exact) mass is 445 g/mol. The second-order valence-electron chi connectivity index (χ2n) is 7.05. The molecule has 9 nitrogen and oxygen atoms in total. The lowest BCUT2D eigenvalue weighted by molar-refractivity contribution is -0.870. The Balaban J connectivity index is 4.86. The van der Waals surface area contributed by atoms with E-state index in [0.717, 1.165) is 6.08 Å². The van der Waals surface area contributed by atoms with Crippen LogP contribution in [0.25, 0.3) is 0 Å². The van der Waals surface area contributed by atoms with E-state index in [1.54, 1.807) is 38.2 Å². The summed E-state index contributed by atoms with van der Waals surface area (Å²) >= 11 is 0. The van der Waals surface area contributed by atoms with Gasteiger partial charge in [-0.05, 0) is 13.8 Å². The molecule has 0 saturated heterocycles. The van der Waals surface area contributed by atoms with Crippen molar-refractivity contribution in [1.82, 2.24) is 0 Å². The Bertz CT molecular complexity index is 691. The summed E-state index contributed by atoms with van der Waals surface area (Å²) in [6.07, 6.45) is 10.8. The molecular formula is C20H32NO8P. The molecule has 10 heteroatoms. The van der Waals surface area contributed by atoms with Gasteiger partial charge in [-0.1, -0.05) is 36.5 Å². The molecule has 0 aliphatic carbocycles. The molecule has 1 unspecified atom stereocenters. The van der Waals surface area contributed by atoms with Crippen LogP contribution in [0.3, 0.4) is 0 Å². The maximum atomic E-state index is 11.9. The summed E-state index contributed by atoms with van der Waals surface area (Å²) in [4.78, 5) is 35.4. The molecule has 0 heterocycles. The zero-order valence-corrected chi connectivity index (χ0v) is 19.1. The molecule has 0 aliphatic heterocycles. The molecule has 0 fully saturated rings. The number of rotatable bonds is 14. The van der Waals surface area contributed by atoms with Gasteiger partial charge in [-0.15, -0.1) is 0 Å². The zero-order valence-electron chi connectivity index (χ0n) is 18.2. The molecule has 0 bridgehead atoms. The number of carbonyl (C=O) groups is 2. The van der Waals surface area contributed by atoms with Crippen molar-refractivity contribution in [3.8, 4) is 0 Å². The molecule has 0 spiro atoms. The molecule has 0 rings (SSSR count). The van der Waals surface area contributed by atoms with Crippen LogP contribution in [0, 0.1) is 0 Å². The number of hydrogen-bond donors (Lipinski definition) is 0. The highest BCUT2D eigenvalue weighted by Crippen LogP contribution is 2.38. The van der Waals surface area contributed by atoms with Gasteiger partial charge in [0.15, 0.2) is 6.10 Å². The molecule has 0 aliphatic rings. The van der Waals surface area contributed by atoms with Crippen LogP contribution < -0.4 is 4.89 Å². The number of nitrogens with zero attached hydrogens (tertiary/aromatic N) is 1. The van der Waals surface area contributed by atoms with Crippen LogP contribution in [0.1, 0.15) is 13.8 Å². The van der Waals surface area contributed by atoms with Crippen molar-refractivity contribution in [2.24, 2.45) is 0 Å². The Morgan fingerprint density at radius 1 is 0.933 bits per heavy atom. The van der Waals surface area contributed by atoms with E-state index in [1.807, 2.05) is 21.1 Å². The second-order valence-corrected chi connectivity index (χ2v) is 8.46. The van der Waals surface area contributed by atoms with Gasteiger partial charge in [-0.25, -0.2) is 9.59 Å². The van der Waals surface area contributed by atoms with Crippen LogP contribution in [0.4, 0.5) is 0 Å². The van der Waals surface area contributed by atoms with Crippen LogP contribution in [0.5, 0.6) is 0 Å². The summed E-state index contributed by atoms with van der Waals surface area (Å²) < 4.78 is 32.1. The van der Waals surface area contributed by atoms with E-state index < -0.39 is 32.5 Å². The predicted molar refractivity (Wildman–Crippen MR) is 111 cm³/mol. The third kappa shape index (κ3) is 16.9. The summed E-state index contributed by atoms with van der Waals surface area (Å²) in [7, 11) is 1.04. The van der Waals surface area contributed by atoms with Crippen LogP contribution in [0.15, 0.2) is 48.6 Å². The van der Waals surface area contributed by atoms with Crippen molar-refractivity contribution < 1.29 is 42.1 Å². The van der Waals surface area contributed by atoms with Crippen molar-refractivity contribution in [1.29, 1.82) is 0 Å². The molecule has 0 saturated carbocycles. The molecule has 0 aromatic carbocycles. The van der Waals surface area contributed by atoms with Crippen LogP contribution >= 0.6 is 7.82 Å². The topological polar surface area (TPSA) is 111 Å². The van der Waals surface area contributed by atoms with Crippen molar-refractivity contribution in [3.63, 3.8) is 0 Å². The van der Waals surface area contributed by atoms with E-state index in [-0.39, 0.29) is 13.2 Å². The Labute approximate surface area is 178 Å². The van der Waals surface area contributed by atoms with Crippen molar-refractivity contribution >= 4 is 19.8 Å². The number of phosphoric ester groups is 1. The van der Waals surface area contributed by atoms with Gasteiger partial charge in [0.1, 0.15) is 19.8 Å². The van der Waals surface area contributed by atoms with Crippen molar-refractivity contribution in [2.45, 2.75) is 20.0 Å². The third-order valence-corrected chi connectivity index (χ3v) is 4.16. The smallest absolute Gasteiger partial charge is 0.331 e. The van der Waals surface area contributed by atoms with Crippen molar-refractivity contribution in [3.05, 3.63) is 48.6 Å². The van der Waals surface area contributed by atoms with Gasteiger partial charge < -0.3 is 27.9 Å². The number of phosphoric acid groups is 1. The molecule has 30 heavy (non-hydrogen) atoms. The van der Waals surface area contributed by atoms with E-state index in [2.05, 4.69) is 0 Å². The number of likely N-dealkylation sites (N-methyl/N-ethyl adjacent to an activating group) is 1. The van der Waals surface area contributed by atoms with Crippen LogP contribution in [0.2, 0.25) is 0 Å². The Hall–Kier alpha value is -2.03. The quantitative estimate of drug-likeness (QED) is 0.131. The normalized spacial score (nSPS) is 15.8. The summed E-state index contributed by atoms with van der Waals surface area (Å²) in [5.41, 5.74) is 0. The van der Waals surface area contributed by atoms with Gasteiger partial charge in [0.25, 0.3) is 7.82 Å². The standard InChI is InChI=1S/C20H32NO8P/c1-6-8-10-12-19(22)26-16-18(29-20(23)13-11-9-7-2)17-28-30(24,25)27-15-14-21(3,4)5/h6-13,18H,14-17H2,1-5H3/b8-6+,9-7+,12-10+,13-11+/t18-/m1/s1. The molecule has 0 aromatic rings. The Kier molecular flexibility index (Phi) is 13.9. The van der Waals surface area contributed by atoms with Crippen LogP contribution in [-0.2, 0) is 32.7 Å². The highest BCUT2D eigenvalue weighted by molar-refractivity contribution is 7.45. The fourth-order valence-electron chi connectivity index (χ4n) is 1.67. The third-order valence-electron chi connectivity index (χ3n) is 3.20. The van der Waals surface area contributed by atoms with E-state index in [9.17, 15) is 19.0 Å². The largest absolute Gasteiger partial charge is 0.756 e. The maximum absolute atomic E-state index is 11.9. The first-order valence-electron chi connectivity index (χ1n) is 9.35. The molecule has 0 aromatic heterocycles. The van der Waals surface area contributed by atoms with E-state index in [0.29, 0.717) is 11.0 Å². The van der Waals surface area contributed by atoms with E-state index in [4.69, 9.17) is 18.5 Å². The Morgan fingerprint density at radius 3 is 2.03 bits per heavy atom. The highest BCUT2D eigenvalue weighted by atomic mass is 31.2. The van der Waals surface area contributed by atoms with Gasteiger partial charge in [0.05, 0.1) is 27.7 Å². The minimum absolute atomic E-state index is 0.0639. The fraction of sp³-hybridized carbons (Fsp3) is 0.500. The first-order valence-corrected chi connectivity index (χ1v) is 10.8. The number of carbonyl (C=O) groups excluding carboxylic acids is 2. The molecular weight excluding hydrogens is 413 g/mol. The summed E-state index contributed by atoms with van der Waals surface area (Å²) in [5, 5.41) is 0. The van der Waals surface area contributed by atoms with E-state index >= 15 is 0 Å². The molecule has 2 atom stereocenters. The zero-order chi connectivity index (χ0) is 23.0. The lowest BCUT2D eigenvalue weighted by Gasteiger charge is -2.28. The second kappa shape index (κ2) is 14.9. The first kappa shape index (κ1) is 28.0. The average Bonchev–Trinajstić information content (AvgIpc) is 2.63. The molecule has 170 valence electrons. The number of ether oxygens (including phenoxy) is 2. The molecule has 0 N–H and O–H groups in total. The van der Waals surface area contributed by atoms with Gasteiger partial charge >= 0.3 is 11.9 Å². The Morgan fingerprint density at radius 2 is 1.50 bits per heavy atom. The lowest BCUT2D eigenvalue weighted by atomic mass is 10.4. The van der Waals surface area contributed by atoms with Gasteiger partial charge in [0.2, 0.25) is 0 Å². The van der Waals surface area contributed by atoms with Crippen molar-refractivity contribution in [2.75, 3.05) is 47.5 Å². The summed E-state index contributed by atoms with van der Waals surface area (Å²) in [6.45, 7) is 3.00. The molecule has 0 amide bonds. The number of allylic oxidation sites excluding steroid dienone is 6. The number of esters is 2. The maximum Gasteiger partial charge on any atom is 0.331 e. The van der Waals surface area contributed by atoms with Gasteiger partial charge in [0, 0.05) is 12.2 Å². The first-order chi connectivity index (χ1) is 14.0. The van der Waals surface area contributed by atoms with E-state index in [1.165, 1.54) is 18.2 Å². The fourth-order valence-corrected chi connectivity index (χ4v) is 2.40. The van der Waals surface area contributed by atoms with Gasteiger partial charge in [-0.2, -0.15) is 0 Å². The minimum atomic E-state index is -4.62. The van der Waals surface area contributed by atoms with Crippen LogP contribution in [-0.4, -0.2) is 70.0 Å². The number of hydrogen-bond acceptors (Lipinski definition) is 8. The molecule has 0 radical (unpaired) electrons. The highest BCUT2D eigenvalue weighted by Gasteiger charge is 2.20. The minimum Gasteiger partial charge on any atom is -0.756 e. The lowest BCUT2D eigenvalue weighted by Crippen LogP contribution is -2.37. The SMILES string of the molecule is C/C=C/C=C/C(=O)OC[C@H](COP(=O)([O-])OCC[N+](C)(C)C)OC(=O)/C=C/C=C/C. The van der Waals surface area contributed by atoms with Gasteiger partial charge in [-0.3, -0.25) is 4.57 Å². The summed E-state index contributed by atoms with van der Waals surface area (Å²) in [5.74, 6) is -1.42.